The third-order valence-electron chi connectivity index (χ3n) is 4.68. The fraction of sp³-hybridized carbons (Fsp3) is 0.316. The highest BCUT2D eigenvalue weighted by Crippen LogP contribution is 2.28. The lowest BCUT2D eigenvalue weighted by Crippen LogP contribution is -2.36. The number of carbonyl (C=O) groups is 1. The van der Waals surface area contributed by atoms with Gasteiger partial charge in [0.25, 0.3) is 5.91 Å². The number of benzene rings is 1. The van der Waals surface area contributed by atoms with E-state index in [1.54, 1.807) is 6.20 Å². The van der Waals surface area contributed by atoms with E-state index in [0.717, 1.165) is 42.7 Å². The molecule has 1 aliphatic rings. The van der Waals surface area contributed by atoms with Crippen molar-refractivity contribution >= 4 is 16.8 Å². The maximum absolute atomic E-state index is 13.0. The Bertz CT molecular complexity index is 899. The van der Waals surface area contributed by atoms with Crippen LogP contribution in [0.15, 0.2) is 36.8 Å². The predicted octanol–water partition coefficient (Wildman–Crippen LogP) is 3.11. The Labute approximate surface area is 140 Å². The molecule has 0 saturated heterocycles. The highest BCUT2D eigenvalue weighted by atomic mass is 16.2. The number of para-hydroxylation sites is 1. The standard InChI is InChI=1S/C19H20N4O/c1-2-5-16-15(10-20-12-21-16)19(24)23-9-8-14-13-6-3-4-7-17(13)22-18(14)11-23/h3-4,6-7,10,12,22H,2,5,8-9,11H2,1H3. The first-order valence-electron chi connectivity index (χ1n) is 8.44. The molecule has 3 aromatic rings. The first-order valence-corrected chi connectivity index (χ1v) is 8.44. The summed E-state index contributed by atoms with van der Waals surface area (Å²) >= 11 is 0. The van der Waals surface area contributed by atoms with Gasteiger partial charge in [0.05, 0.1) is 17.8 Å². The number of hydrogen-bond acceptors (Lipinski definition) is 3. The van der Waals surface area contributed by atoms with Gasteiger partial charge in [0.15, 0.2) is 0 Å². The van der Waals surface area contributed by atoms with Crippen molar-refractivity contribution in [2.24, 2.45) is 0 Å². The SMILES string of the molecule is CCCc1ncncc1C(=O)N1CCc2c([nH]c3ccccc23)C1. The van der Waals surface area contributed by atoms with Crippen LogP contribution in [0.1, 0.15) is 40.7 Å². The lowest BCUT2D eigenvalue weighted by molar-refractivity contribution is 0.0731. The van der Waals surface area contributed by atoms with Gasteiger partial charge in [0.2, 0.25) is 0 Å². The second-order valence-corrected chi connectivity index (χ2v) is 6.24. The van der Waals surface area contributed by atoms with Crippen molar-refractivity contribution in [3.8, 4) is 0 Å². The number of amides is 1. The Morgan fingerprint density at radius 3 is 3.08 bits per heavy atom. The minimum atomic E-state index is 0.0309. The van der Waals surface area contributed by atoms with E-state index in [-0.39, 0.29) is 5.91 Å². The van der Waals surface area contributed by atoms with Crippen LogP contribution in [-0.2, 0) is 19.4 Å². The van der Waals surface area contributed by atoms with Crippen molar-refractivity contribution in [2.75, 3.05) is 6.54 Å². The van der Waals surface area contributed by atoms with Crippen molar-refractivity contribution in [1.82, 2.24) is 19.9 Å². The van der Waals surface area contributed by atoms with Crippen molar-refractivity contribution < 1.29 is 4.79 Å². The van der Waals surface area contributed by atoms with Gasteiger partial charge in [-0.25, -0.2) is 9.97 Å². The first kappa shape index (κ1) is 14.9. The third kappa shape index (κ3) is 2.46. The normalized spacial score (nSPS) is 14.0. The summed E-state index contributed by atoms with van der Waals surface area (Å²) < 4.78 is 0. The molecule has 1 N–H and O–H groups in total. The maximum Gasteiger partial charge on any atom is 0.257 e. The molecule has 0 unspecified atom stereocenters. The van der Waals surface area contributed by atoms with E-state index in [0.29, 0.717) is 12.1 Å². The number of fused-ring (bicyclic) bond motifs is 3. The fourth-order valence-corrected chi connectivity index (χ4v) is 3.51. The molecular weight excluding hydrogens is 300 g/mol. The Hall–Kier alpha value is -2.69. The van der Waals surface area contributed by atoms with Crippen LogP contribution in [0.25, 0.3) is 10.9 Å². The van der Waals surface area contributed by atoms with Crippen molar-refractivity contribution in [3.05, 3.63) is 59.3 Å². The summed E-state index contributed by atoms with van der Waals surface area (Å²) in [4.78, 5) is 26.7. The molecular formula is C19H20N4O. The number of aromatic amines is 1. The molecule has 1 aromatic carbocycles. The van der Waals surface area contributed by atoms with Crippen LogP contribution in [0.4, 0.5) is 0 Å². The van der Waals surface area contributed by atoms with Crippen molar-refractivity contribution in [1.29, 1.82) is 0 Å². The molecule has 0 radical (unpaired) electrons. The van der Waals surface area contributed by atoms with Gasteiger partial charge in [-0.15, -0.1) is 0 Å². The number of aryl methyl sites for hydroxylation is 1. The Morgan fingerprint density at radius 1 is 1.33 bits per heavy atom. The molecule has 5 heteroatoms. The summed E-state index contributed by atoms with van der Waals surface area (Å²) in [6.45, 7) is 3.44. The Balaban J connectivity index is 1.64. The number of rotatable bonds is 3. The van der Waals surface area contributed by atoms with Gasteiger partial charge >= 0.3 is 0 Å². The largest absolute Gasteiger partial charge is 0.357 e. The predicted molar refractivity (Wildman–Crippen MR) is 92.8 cm³/mol. The number of H-pyrrole nitrogens is 1. The van der Waals surface area contributed by atoms with E-state index in [4.69, 9.17) is 0 Å². The molecule has 24 heavy (non-hydrogen) atoms. The second-order valence-electron chi connectivity index (χ2n) is 6.24. The molecule has 1 amide bonds. The quantitative estimate of drug-likeness (QED) is 0.806. The van der Waals surface area contributed by atoms with E-state index in [2.05, 4.69) is 40.1 Å². The van der Waals surface area contributed by atoms with E-state index < -0.39 is 0 Å². The van der Waals surface area contributed by atoms with Crippen molar-refractivity contribution in [2.45, 2.75) is 32.7 Å². The highest BCUT2D eigenvalue weighted by molar-refractivity contribution is 5.95. The highest BCUT2D eigenvalue weighted by Gasteiger charge is 2.26. The average Bonchev–Trinajstić information content (AvgIpc) is 2.99. The van der Waals surface area contributed by atoms with Gasteiger partial charge in [0, 0.05) is 29.3 Å². The lowest BCUT2D eigenvalue weighted by Gasteiger charge is -2.27. The summed E-state index contributed by atoms with van der Waals surface area (Å²) in [5.41, 5.74) is 5.11. The molecule has 0 spiro atoms. The molecule has 3 heterocycles. The van der Waals surface area contributed by atoms with Crippen LogP contribution in [0.3, 0.4) is 0 Å². The first-order chi connectivity index (χ1) is 11.8. The molecule has 1 aliphatic heterocycles. The summed E-state index contributed by atoms with van der Waals surface area (Å²) in [6.07, 6.45) is 5.81. The summed E-state index contributed by atoms with van der Waals surface area (Å²) in [6, 6.07) is 8.33. The molecule has 2 aromatic heterocycles. The van der Waals surface area contributed by atoms with Gasteiger partial charge in [-0.05, 0) is 24.5 Å². The monoisotopic (exact) mass is 320 g/mol. The van der Waals surface area contributed by atoms with Crippen LogP contribution in [0, 0.1) is 0 Å². The molecule has 0 atom stereocenters. The van der Waals surface area contributed by atoms with E-state index in [9.17, 15) is 4.79 Å². The average molecular weight is 320 g/mol. The van der Waals surface area contributed by atoms with Gasteiger partial charge in [0.1, 0.15) is 6.33 Å². The zero-order valence-electron chi connectivity index (χ0n) is 13.7. The van der Waals surface area contributed by atoms with Crippen LogP contribution in [0.5, 0.6) is 0 Å². The molecule has 4 rings (SSSR count). The maximum atomic E-state index is 13.0. The zero-order valence-corrected chi connectivity index (χ0v) is 13.7. The fourth-order valence-electron chi connectivity index (χ4n) is 3.51. The Kier molecular flexibility index (Phi) is 3.76. The molecule has 0 fully saturated rings. The number of aromatic nitrogens is 3. The minimum absolute atomic E-state index is 0.0309. The van der Waals surface area contributed by atoms with E-state index in [1.807, 2.05) is 11.0 Å². The smallest absolute Gasteiger partial charge is 0.257 e. The van der Waals surface area contributed by atoms with Crippen LogP contribution in [-0.4, -0.2) is 32.3 Å². The molecule has 122 valence electrons. The van der Waals surface area contributed by atoms with Gasteiger partial charge < -0.3 is 9.88 Å². The topological polar surface area (TPSA) is 61.9 Å². The van der Waals surface area contributed by atoms with Crippen LogP contribution >= 0.6 is 0 Å². The summed E-state index contributed by atoms with van der Waals surface area (Å²) in [5, 5.41) is 1.27. The molecule has 0 saturated carbocycles. The molecule has 0 aliphatic carbocycles. The number of carbonyl (C=O) groups excluding carboxylic acids is 1. The molecule has 0 bridgehead atoms. The number of hydrogen-bond donors (Lipinski definition) is 1. The number of nitrogens with one attached hydrogen (secondary N) is 1. The van der Waals surface area contributed by atoms with Gasteiger partial charge in [-0.2, -0.15) is 0 Å². The van der Waals surface area contributed by atoms with Gasteiger partial charge in [-0.1, -0.05) is 31.5 Å². The summed E-state index contributed by atoms with van der Waals surface area (Å²) in [7, 11) is 0. The third-order valence-corrected chi connectivity index (χ3v) is 4.68. The lowest BCUT2D eigenvalue weighted by atomic mass is 10.0. The van der Waals surface area contributed by atoms with Crippen LogP contribution in [0.2, 0.25) is 0 Å². The minimum Gasteiger partial charge on any atom is -0.357 e. The van der Waals surface area contributed by atoms with E-state index >= 15 is 0 Å². The zero-order chi connectivity index (χ0) is 16.5. The Morgan fingerprint density at radius 2 is 2.21 bits per heavy atom. The van der Waals surface area contributed by atoms with Gasteiger partial charge in [-0.3, -0.25) is 4.79 Å². The second kappa shape index (κ2) is 6.07. The molecule has 5 nitrogen and oxygen atoms in total. The van der Waals surface area contributed by atoms with Crippen LogP contribution < -0.4 is 0 Å². The number of nitrogens with zero attached hydrogens (tertiary/aromatic N) is 3. The van der Waals surface area contributed by atoms with Crippen molar-refractivity contribution in [3.63, 3.8) is 0 Å². The summed E-state index contributed by atoms with van der Waals surface area (Å²) in [5.74, 6) is 0.0309. The van der Waals surface area contributed by atoms with E-state index in [1.165, 1.54) is 17.3 Å².